The SMILES string of the molecule is COc1ccc(F)cc1-c1c(C#N)c(N)nc2c1c(=O)n(C)c(=O)n2C.COc1ccc(F)cc1-c1c(CN)c(NCc2ccc3ccccc3c2)nc2c1c(=O)n(C)c(=O)n2C. The zero-order chi connectivity index (χ0) is 45.4. The number of ether oxygens (including phenoxy) is 2. The Balaban J connectivity index is 0.000000201. The van der Waals surface area contributed by atoms with Crippen molar-refractivity contribution in [2.75, 3.05) is 25.3 Å². The van der Waals surface area contributed by atoms with Crippen molar-refractivity contribution in [2.45, 2.75) is 13.1 Å². The quantitative estimate of drug-likeness (QED) is 0.191. The number of nitriles is 1. The molecule has 0 spiro atoms. The summed E-state index contributed by atoms with van der Waals surface area (Å²) in [4.78, 5) is 59.8. The van der Waals surface area contributed by atoms with Crippen LogP contribution in [0.25, 0.3) is 55.1 Å². The molecule has 16 nitrogen and oxygen atoms in total. The third-order valence-corrected chi connectivity index (χ3v) is 10.8. The number of nitrogen functional groups attached to an aromatic ring is 1. The van der Waals surface area contributed by atoms with E-state index >= 15 is 0 Å². The molecule has 63 heavy (non-hydrogen) atoms. The van der Waals surface area contributed by atoms with Crippen molar-refractivity contribution in [1.82, 2.24) is 28.2 Å². The second-order valence-corrected chi connectivity index (χ2v) is 14.4. The second kappa shape index (κ2) is 17.1. The predicted molar refractivity (Wildman–Crippen MR) is 237 cm³/mol. The van der Waals surface area contributed by atoms with Crippen molar-refractivity contribution in [3.8, 4) is 39.8 Å². The Bertz CT molecular complexity index is 3460. The van der Waals surface area contributed by atoms with Gasteiger partial charge in [-0.25, -0.2) is 28.3 Å². The number of anilines is 2. The summed E-state index contributed by atoms with van der Waals surface area (Å²) in [7, 11) is 8.51. The number of hydrogen-bond donors (Lipinski definition) is 3. The largest absolute Gasteiger partial charge is 0.496 e. The van der Waals surface area contributed by atoms with Gasteiger partial charge in [0.1, 0.15) is 46.4 Å². The summed E-state index contributed by atoms with van der Waals surface area (Å²) < 4.78 is 43.5. The summed E-state index contributed by atoms with van der Waals surface area (Å²) in [6.45, 7) is 0.416. The van der Waals surface area contributed by atoms with Gasteiger partial charge in [-0.3, -0.25) is 27.9 Å². The van der Waals surface area contributed by atoms with Crippen LogP contribution in [0.2, 0.25) is 0 Å². The highest BCUT2D eigenvalue weighted by Gasteiger charge is 2.26. The first-order valence-corrected chi connectivity index (χ1v) is 19.2. The molecule has 18 heteroatoms. The van der Waals surface area contributed by atoms with Gasteiger partial charge in [0.2, 0.25) is 0 Å². The molecular weight excluding hydrogens is 815 g/mol. The van der Waals surface area contributed by atoms with E-state index < -0.39 is 34.1 Å². The number of methoxy groups -OCH3 is 2. The van der Waals surface area contributed by atoms with Crippen LogP contribution in [0.4, 0.5) is 20.4 Å². The van der Waals surface area contributed by atoms with E-state index in [9.17, 15) is 33.2 Å². The van der Waals surface area contributed by atoms with Gasteiger partial charge >= 0.3 is 11.4 Å². The Morgan fingerprint density at radius 3 is 1.76 bits per heavy atom. The average molecular weight is 855 g/mol. The summed E-state index contributed by atoms with van der Waals surface area (Å²) in [6, 6.07) is 23.9. The molecular formula is C45H40F2N10O6. The van der Waals surface area contributed by atoms with Crippen LogP contribution in [0.3, 0.4) is 0 Å². The molecule has 0 bridgehead atoms. The lowest BCUT2D eigenvalue weighted by molar-refractivity contribution is 0.415. The van der Waals surface area contributed by atoms with Crippen molar-refractivity contribution in [2.24, 2.45) is 33.9 Å². The maximum Gasteiger partial charge on any atom is 0.332 e. The van der Waals surface area contributed by atoms with Crippen LogP contribution in [-0.4, -0.2) is 42.5 Å². The van der Waals surface area contributed by atoms with Gasteiger partial charge in [-0.2, -0.15) is 5.26 Å². The highest BCUT2D eigenvalue weighted by Crippen LogP contribution is 2.40. The average Bonchev–Trinajstić information content (AvgIpc) is 3.29. The molecule has 0 aliphatic rings. The standard InChI is InChI=1S/C28H26FN5O3.C17H14FN5O3/c1-33-26-24(27(35)34(2)28(33)36)23(20-13-19(29)10-11-22(20)37-3)21(14-30)25(32-26)31-15-16-8-9-17-6-4-5-7-18(17)12-16;1-22-15-13(16(24)23(2)17(22)25)12(10(7-19)14(20)21-15)9-6-8(18)4-5-11(9)26-3/h4-13H,14-15,30H2,1-3H3,(H,31,32);4-6H,1-3H3,(H2,20,21). The molecule has 0 saturated heterocycles. The molecule has 8 aromatic rings. The van der Waals surface area contributed by atoms with Gasteiger partial charge in [0.25, 0.3) is 11.1 Å². The number of pyridine rings is 2. The van der Waals surface area contributed by atoms with Crippen molar-refractivity contribution in [3.63, 3.8) is 0 Å². The fourth-order valence-electron chi connectivity index (χ4n) is 7.54. The van der Waals surface area contributed by atoms with E-state index in [1.54, 1.807) is 7.05 Å². The number of aromatic nitrogens is 6. The molecule has 8 rings (SSSR count). The van der Waals surface area contributed by atoms with Crippen molar-refractivity contribution >= 4 is 44.5 Å². The van der Waals surface area contributed by atoms with Gasteiger partial charge in [0.15, 0.2) is 11.3 Å². The molecule has 0 unspecified atom stereocenters. The van der Waals surface area contributed by atoms with Crippen LogP contribution in [0, 0.1) is 23.0 Å². The fourth-order valence-corrected chi connectivity index (χ4v) is 7.54. The molecule has 4 aromatic heterocycles. The maximum absolute atomic E-state index is 14.5. The topological polar surface area (TPSA) is 220 Å². The molecule has 0 aliphatic heterocycles. The lowest BCUT2D eigenvalue weighted by atomic mass is 9.96. The lowest BCUT2D eigenvalue weighted by Gasteiger charge is -2.20. The van der Waals surface area contributed by atoms with Crippen molar-refractivity contribution in [3.05, 3.63) is 149 Å². The number of hydrogen-bond acceptors (Lipinski definition) is 12. The normalized spacial score (nSPS) is 11.0. The molecule has 5 N–H and O–H groups in total. The van der Waals surface area contributed by atoms with E-state index in [2.05, 4.69) is 21.4 Å². The summed E-state index contributed by atoms with van der Waals surface area (Å²) >= 11 is 0. The molecule has 0 aliphatic carbocycles. The Kier molecular flexibility index (Phi) is 11.6. The van der Waals surface area contributed by atoms with Gasteiger partial charge in [0, 0.05) is 69.1 Å². The van der Waals surface area contributed by atoms with E-state index in [1.165, 1.54) is 70.3 Å². The fraction of sp³-hybridized carbons (Fsp3) is 0.178. The minimum Gasteiger partial charge on any atom is -0.496 e. The maximum atomic E-state index is 14.5. The minimum atomic E-state index is -0.673. The molecule has 0 radical (unpaired) electrons. The van der Waals surface area contributed by atoms with Crippen molar-refractivity contribution in [1.29, 1.82) is 5.26 Å². The number of halogens is 2. The predicted octanol–water partition coefficient (Wildman–Crippen LogP) is 4.57. The van der Waals surface area contributed by atoms with Crippen LogP contribution in [0.1, 0.15) is 16.7 Å². The highest BCUT2D eigenvalue weighted by atomic mass is 19.1. The Hall–Kier alpha value is -8.17. The number of rotatable bonds is 8. The Labute approximate surface area is 356 Å². The summed E-state index contributed by atoms with van der Waals surface area (Å²) in [6.07, 6.45) is 0. The van der Waals surface area contributed by atoms with E-state index in [-0.39, 0.29) is 56.9 Å². The molecule has 0 fully saturated rings. The summed E-state index contributed by atoms with van der Waals surface area (Å²) in [5.74, 6) is -0.270. The molecule has 0 atom stereocenters. The van der Waals surface area contributed by atoms with Gasteiger partial charge in [0.05, 0.1) is 25.0 Å². The number of nitrogens with two attached hydrogens (primary N) is 2. The van der Waals surface area contributed by atoms with Gasteiger partial charge < -0.3 is 26.3 Å². The molecule has 320 valence electrons. The van der Waals surface area contributed by atoms with Gasteiger partial charge in [-0.15, -0.1) is 0 Å². The summed E-state index contributed by atoms with van der Waals surface area (Å²) in [5, 5.41) is 15.2. The highest BCUT2D eigenvalue weighted by molar-refractivity contribution is 6.00. The van der Waals surface area contributed by atoms with E-state index in [4.69, 9.17) is 20.9 Å². The van der Waals surface area contributed by atoms with Crippen LogP contribution in [0.5, 0.6) is 11.5 Å². The number of nitrogens with one attached hydrogen (secondary N) is 1. The molecule has 4 aromatic carbocycles. The number of nitrogens with zero attached hydrogens (tertiary/aromatic N) is 7. The smallest absolute Gasteiger partial charge is 0.332 e. The third-order valence-electron chi connectivity index (χ3n) is 10.8. The summed E-state index contributed by atoms with van der Waals surface area (Å²) in [5.41, 5.74) is 12.3. The molecule has 0 amide bonds. The van der Waals surface area contributed by atoms with Crippen molar-refractivity contribution < 1.29 is 18.3 Å². The van der Waals surface area contributed by atoms with E-state index in [0.29, 0.717) is 34.8 Å². The zero-order valence-electron chi connectivity index (χ0n) is 34.9. The third kappa shape index (κ3) is 7.50. The minimum absolute atomic E-state index is 0.00378. The van der Waals surface area contributed by atoms with Crippen LogP contribution in [0.15, 0.2) is 98.0 Å². The second-order valence-electron chi connectivity index (χ2n) is 14.4. The zero-order valence-corrected chi connectivity index (χ0v) is 34.9. The van der Waals surface area contributed by atoms with Gasteiger partial charge in [-0.1, -0.05) is 36.4 Å². The number of fused-ring (bicyclic) bond motifs is 3. The Morgan fingerprint density at radius 2 is 1.22 bits per heavy atom. The first-order chi connectivity index (χ1) is 30.1. The lowest BCUT2D eigenvalue weighted by Crippen LogP contribution is -2.38. The monoisotopic (exact) mass is 854 g/mol. The Morgan fingerprint density at radius 1 is 0.698 bits per heavy atom. The number of benzene rings is 4. The first-order valence-electron chi connectivity index (χ1n) is 19.2. The number of aryl methyl sites for hydroxylation is 2. The molecule has 4 heterocycles. The molecule has 0 saturated carbocycles. The van der Waals surface area contributed by atoms with Crippen LogP contribution < -0.4 is 48.8 Å². The van der Waals surface area contributed by atoms with E-state index in [0.717, 1.165) is 36.1 Å². The van der Waals surface area contributed by atoms with Crippen LogP contribution >= 0.6 is 0 Å². The van der Waals surface area contributed by atoms with E-state index in [1.807, 2.05) is 42.5 Å². The van der Waals surface area contributed by atoms with Crippen LogP contribution in [-0.2, 0) is 41.3 Å². The first kappa shape index (κ1) is 42.9. The van der Waals surface area contributed by atoms with Gasteiger partial charge in [-0.05, 0) is 58.8 Å².